The lowest BCUT2D eigenvalue weighted by atomic mass is 10.1. The summed E-state index contributed by atoms with van der Waals surface area (Å²) in [5.74, 6) is 0. The minimum Gasteiger partial charge on any atom is -0.311 e. The number of hydrogen-bond acceptors (Lipinski definition) is 3. The molecule has 0 saturated carbocycles. The second-order valence-corrected chi connectivity index (χ2v) is 4.37. The van der Waals surface area contributed by atoms with Gasteiger partial charge in [-0.05, 0) is 41.9 Å². The van der Waals surface area contributed by atoms with Gasteiger partial charge in [-0.1, -0.05) is 0 Å². The number of aromatic nitrogens is 2. The van der Waals surface area contributed by atoms with Crippen molar-refractivity contribution in [2.75, 3.05) is 7.05 Å². The first-order valence-electron chi connectivity index (χ1n) is 4.97. The number of thiophene rings is 1. The largest absolute Gasteiger partial charge is 0.311 e. The van der Waals surface area contributed by atoms with E-state index in [-0.39, 0.29) is 0 Å². The first-order chi connectivity index (χ1) is 7.29. The van der Waals surface area contributed by atoms with E-state index in [1.807, 2.05) is 25.0 Å². The lowest BCUT2D eigenvalue weighted by Gasteiger charge is -2.12. The number of aryl methyl sites for hydroxylation is 1. The van der Waals surface area contributed by atoms with E-state index < -0.39 is 0 Å². The summed E-state index contributed by atoms with van der Waals surface area (Å²) in [7, 11) is 3.92. The normalized spacial score (nSPS) is 12.9. The summed E-state index contributed by atoms with van der Waals surface area (Å²) < 4.78 is 1.84. The van der Waals surface area contributed by atoms with Crippen LogP contribution in [0.3, 0.4) is 0 Å². The van der Waals surface area contributed by atoms with E-state index >= 15 is 0 Å². The van der Waals surface area contributed by atoms with Crippen LogP contribution in [-0.2, 0) is 13.5 Å². The van der Waals surface area contributed by atoms with Gasteiger partial charge in [-0.25, -0.2) is 0 Å². The molecule has 2 rings (SSSR count). The smallest absolute Gasteiger partial charge is 0.0797 e. The van der Waals surface area contributed by atoms with Gasteiger partial charge in [0.1, 0.15) is 0 Å². The van der Waals surface area contributed by atoms with Gasteiger partial charge in [-0.15, -0.1) is 0 Å². The van der Waals surface area contributed by atoms with E-state index in [1.165, 1.54) is 5.56 Å². The average Bonchev–Trinajstić information content (AvgIpc) is 2.85. The Labute approximate surface area is 93.7 Å². The van der Waals surface area contributed by atoms with Crippen molar-refractivity contribution in [1.29, 1.82) is 0 Å². The number of rotatable bonds is 4. The minimum atomic E-state index is 0.306. The zero-order valence-electron chi connectivity index (χ0n) is 8.97. The van der Waals surface area contributed by atoms with Crippen LogP contribution in [0.2, 0.25) is 0 Å². The van der Waals surface area contributed by atoms with Gasteiger partial charge < -0.3 is 5.32 Å². The van der Waals surface area contributed by atoms with Crippen molar-refractivity contribution in [2.45, 2.75) is 12.5 Å². The summed E-state index contributed by atoms with van der Waals surface area (Å²) in [6, 6.07) is 4.53. The molecule has 2 heterocycles. The van der Waals surface area contributed by atoms with Gasteiger partial charge in [-0.2, -0.15) is 16.4 Å². The fourth-order valence-corrected chi connectivity index (χ4v) is 2.30. The fraction of sp³-hybridized carbons (Fsp3) is 0.364. The third-order valence-electron chi connectivity index (χ3n) is 2.46. The van der Waals surface area contributed by atoms with Gasteiger partial charge in [0, 0.05) is 13.2 Å². The van der Waals surface area contributed by atoms with E-state index in [4.69, 9.17) is 0 Å². The first-order valence-corrected chi connectivity index (χ1v) is 5.92. The third kappa shape index (κ3) is 2.46. The minimum absolute atomic E-state index is 0.306. The highest BCUT2D eigenvalue weighted by molar-refractivity contribution is 7.07. The van der Waals surface area contributed by atoms with E-state index in [0.717, 1.165) is 12.1 Å². The summed E-state index contributed by atoms with van der Waals surface area (Å²) in [6.07, 6.45) is 2.98. The Morgan fingerprint density at radius 3 is 2.93 bits per heavy atom. The van der Waals surface area contributed by atoms with E-state index in [2.05, 4.69) is 33.3 Å². The molecule has 3 nitrogen and oxygen atoms in total. The topological polar surface area (TPSA) is 29.9 Å². The second kappa shape index (κ2) is 4.59. The Balaban J connectivity index is 2.11. The Morgan fingerprint density at radius 1 is 1.53 bits per heavy atom. The first kappa shape index (κ1) is 10.4. The zero-order chi connectivity index (χ0) is 10.7. The van der Waals surface area contributed by atoms with Crippen molar-refractivity contribution in [2.24, 2.45) is 7.05 Å². The van der Waals surface area contributed by atoms with Crippen molar-refractivity contribution in [1.82, 2.24) is 15.1 Å². The zero-order valence-corrected chi connectivity index (χ0v) is 9.79. The summed E-state index contributed by atoms with van der Waals surface area (Å²) in [4.78, 5) is 0. The molecule has 1 N–H and O–H groups in total. The Morgan fingerprint density at radius 2 is 2.40 bits per heavy atom. The molecule has 1 unspecified atom stereocenters. The van der Waals surface area contributed by atoms with Gasteiger partial charge in [0.05, 0.1) is 11.7 Å². The van der Waals surface area contributed by atoms with Crippen LogP contribution >= 0.6 is 11.3 Å². The Hall–Kier alpha value is -1.13. The Kier molecular flexibility index (Phi) is 3.18. The second-order valence-electron chi connectivity index (χ2n) is 3.59. The highest BCUT2D eigenvalue weighted by Gasteiger charge is 2.12. The average molecular weight is 221 g/mol. The molecule has 1 atom stereocenters. The molecule has 0 aliphatic rings. The maximum absolute atomic E-state index is 4.42. The summed E-state index contributed by atoms with van der Waals surface area (Å²) in [5.41, 5.74) is 2.47. The maximum Gasteiger partial charge on any atom is 0.0797 e. The van der Waals surface area contributed by atoms with Gasteiger partial charge in [0.2, 0.25) is 0 Å². The van der Waals surface area contributed by atoms with Crippen LogP contribution in [0.25, 0.3) is 0 Å². The maximum atomic E-state index is 4.42. The lowest BCUT2D eigenvalue weighted by molar-refractivity contribution is 0.563. The van der Waals surface area contributed by atoms with E-state index in [0.29, 0.717) is 6.04 Å². The summed E-state index contributed by atoms with van der Waals surface area (Å²) >= 11 is 1.74. The Bertz CT molecular complexity index is 405. The molecule has 0 amide bonds. The van der Waals surface area contributed by atoms with Gasteiger partial charge in [0.25, 0.3) is 0 Å². The SMILES string of the molecule is CNC(Cc1ccsc1)c1ccn(C)n1. The molecular weight excluding hydrogens is 206 g/mol. The van der Waals surface area contributed by atoms with Crippen LogP contribution < -0.4 is 5.32 Å². The van der Waals surface area contributed by atoms with Crippen molar-refractivity contribution in [3.63, 3.8) is 0 Å². The molecule has 0 spiro atoms. The van der Waals surface area contributed by atoms with Gasteiger partial charge >= 0.3 is 0 Å². The van der Waals surface area contributed by atoms with Crippen molar-refractivity contribution in [3.8, 4) is 0 Å². The summed E-state index contributed by atoms with van der Waals surface area (Å²) in [6.45, 7) is 0. The molecule has 0 bridgehead atoms. The van der Waals surface area contributed by atoms with Crippen LogP contribution in [0.1, 0.15) is 17.3 Å². The van der Waals surface area contributed by atoms with Gasteiger partial charge in [0.15, 0.2) is 0 Å². The lowest BCUT2D eigenvalue weighted by Crippen LogP contribution is -2.19. The van der Waals surface area contributed by atoms with E-state index in [1.54, 1.807) is 11.3 Å². The molecule has 80 valence electrons. The van der Waals surface area contributed by atoms with Crippen LogP contribution in [0, 0.1) is 0 Å². The van der Waals surface area contributed by atoms with Crippen molar-refractivity contribution in [3.05, 3.63) is 40.3 Å². The predicted octanol–water partition coefficient (Wildman–Crippen LogP) is 1.98. The molecule has 2 aromatic heterocycles. The van der Waals surface area contributed by atoms with Gasteiger partial charge in [-0.3, -0.25) is 4.68 Å². The van der Waals surface area contributed by atoms with Crippen molar-refractivity contribution >= 4 is 11.3 Å². The molecule has 0 aliphatic carbocycles. The number of nitrogens with one attached hydrogen (secondary N) is 1. The molecule has 0 fully saturated rings. The highest BCUT2D eigenvalue weighted by Crippen LogP contribution is 2.17. The number of nitrogens with zero attached hydrogens (tertiary/aromatic N) is 2. The summed E-state index contributed by atoms with van der Waals surface area (Å²) in [5, 5.41) is 12.0. The number of hydrogen-bond donors (Lipinski definition) is 1. The van der Waals surface area contributed by atoms with Crippen LogP contribution in [-0.4, -0.2) is 16.8 Å². The monoisotopic (exact) mass is 221 g/mol. The molecule has 0 aromatic carbocycles. The molecule has 2 aromatic rings. The third-order valence-corrected chi connectivity index (χ3v) is 3.19. The van der Waals surface area contributed by atoms with E-state index in [9.17, 15) is 0 Å². The van der Waals surface area contributed by atoms with Crippen molar-refractivity contribution < 1.29 is 0 Å². The fourth-order valence-electron chi connectivity index (χ4n) is 1.62. The standard InChI is InChI=1S/C11H15N3S/c1-12-11(7-9-4-6-15-8-9)10-3-5-14(2)13-10/h3-6,8,11-12H,7H2,1-2H3. The van der Waals surface area contributed by atoms with Crippen LogP contribution in [0.15, 0.2) is 29.1 Å². The molecule has 4 heteroatoms. The molecule has 0 radical (unpaired) electrons. The quantitative estimate of drug-likeness (QED) is 0.855. The molecule has 0 aliphatic heterocycles. The molecule has 15 heavy (non-hydrogen) atoms. The van der Waals surface area contributed by atoms with Crippen LogP contribution in [0.5, 0.6) is 0 Å². The molecule has 0 saturated heterocycles. The molecular formula is C11H15N3S. The predicted molar refractivity (Wildman–Crippen MR) is 63.0 cm³/mol. The number of likely N-dealkylation sites (N-methyl/N-ethyl adjacent to an activating group) is 1. The highest BCUT2D eigenvalue weighted by atomic mass is 32.1. The van der Waals surface area contributed by atoms with Crippen LogP contribution in [0.4, 0.5) is 0 Å².